The Morgan fingerprint density at radius 1 is 1.25 bits per heavy atom. The average molecular weight is 493 g/mol. The minimum Gasteiger partial charge on any atom is -0.494 e. The Morgan fingerprint density at radius 3 is 2.69 bits per heavy atom. The number of hydrogen-bond donors (Lipinski definition) is 1. The molecule has 0 aliphatic carbocycles. The summed E-state index contributed by atoms with van der Waals surface area (Å²) >= 11 is 0. The highest BCUT2D eigenvalue weighted by atomic mass is 19.1. The van der Waals surface area contributed by atoms with Crippen LogP contribution in [0.4, 0.5) is 14.9 Å². The Bertz CT molecular complexity index is 1440. The van der Waals surface area contributed by atoms with Gasteiger partial charge < -0.3 is 19.5 Å². The second-order valence-corrected chi connectivity index (χ2v) is 8.67. The lowest BCUT2D eigenvalue weighted by Gasteiger charge is -2.30. The van der Waals surface area contributed by atoms with Crippen molar-refractivity contribution in [3.63, 3.8) is 0 Å². The van der Waals surface area contributed by atoms with E-state index in [1.165, 1.54) is 34.8 Å². The lowest BCUT2D eigenvalue weighted by atomic mass is 10.1. The number of rotatable bonds is 4. The van der Waals surface area contributed by atoms with Gasteiger partial charge in [0.2, 0.25) is 0 Å². The summed E-state index contributed by atoms with van der Waals surface area (Å²) in [6, 6.07) is 8.65. The van der Waals surface area contributed by atoms with Crippen molar-refractivity contribution in [2.24, 2.45) is 0 Å². The van der Waals surface area contributed by atoms with E-state index in [9.17, 15) is 24.3 Å². The molecule has 2 aromatic carbocycles. The van der Waals surface area contributed by atoms with Crippen LogP contribution in [0.15, 0.2) is 35.1 Å². The van der Waals surface area contributed by atoms with Crippen molar-refractivity contribution in [1.29, 1.82) is 5.26 Å². The van der Waals surface area contributed by atoms with E-state index >= 15 is 0 Å². The van der Waals surface area contributed by atoms with Gasteiger partial charge in [-0.3, -0.25) is 14.3 Å². The van der Waals surface area contributed by atoms with E-state index in [1.54, 1.807) is 6.07 Å². The van der Waals surface area contributed by atoms with Crippen molar-refractivity contribution in [3.8, 4) is 17.5 Å². The smallest absolute Gasteiger partial charge is 0.407 e. The number of ether oxygens (including phenoxy) is 2. The molecular weight excluding hydrogens is 469 g/mol. The Morgan fingerprint density at radius 2 is 2.03 bits per heavy atom. The lowest BCUT2D eigenvalue weighted by molar-refractivity contribution is 0.123. The summed E-state index contributed by atoms with van der Waals surface area (Å²) in [5.74, 6) is -0.457. The molecule has 3 heterocycles. The maximum Gasteiger partial charge on any atom is 0.407 e. The van der Waals surface area contributed by atoms with Gasteiger partial charge in [0, 0.05) is 25.7 Å². The summed E-state index contributed by atoms with van der Waals surface area (Å²) in [7, 11) is 1.34. The van der Waals surface area contributed by atoms with Gasteiger partial charge in [0.1, 0.15) is 11.3 Å². The van der Waals surface area contributed by atoms with Crippen molar-refractivity contribution in [3.05, 3.63) is 57.9 Å². The van der Waals surface area contributed by atoms with Crippen molar-refractivity contribution < 1.29 is 23.8 Å². The Hall–Kier alpha value is -4.17. The van der Waals surface area contributed by atoms with E-state index in [0.29, 0.717) is 56.9 Å². The van der Waals surface area contributed by atoms with Gasteiger partial charge >= 0.3 is 6.09 Å². The molecule has 1 N–H and O–H groups in total. The molecule has 0 bridgehead atoms. The molecule has 36 heavy (non-hydrogen) atoms. The van der Waals surface area contributed by atoms with Crippen LogP contribution in [0.2, 0.25) is 0 Å². The topological polar surface area (TPSA) is 121 Å². The number of likely N-dealkylation sites (tertiary alicyclic amines) is 1. The fourth-order valence-corrected chi connectivity index (χ4v) is 4.93. The maximum absolute atomic E-state index is 14.7. The van der Waals surface area contributed by atoms with Gasteiger partial charge in [0.15, 0.2) is 11.6 Å². The van der Waals surface area contributed by atoms with Gasteiger partial charge in [-0.1, -0.05) is 0 Å². The number of nitrogens with zero attached hydrogens (tertiary/aromatic N) is 5. The number of hydrogen-bond acceptors (Lipinski definition) is 7. The third-order valence-electron chi connectivity index (χ3n) is 6.65. The molecule has 2 fully saturated rings. The van der Waals surface area contributed by atoms with E-state index in [4.69, 9.17) is 14.5 Å². The summed E-state index contributed by atoms with van der Waals surface area (Å²) in [4.78, 5) is 34.1. The summed E-state index contributed by atoms with van der Waals surface area (Å²) in [6.07, 6.45) is -0.0510. The molecule has 11 heteroatoms. The monoisotopic (exact) mass is 493 g/mol. The molecule has 1 aromatic heterocycles. The van der Waals surface area contributed by atoms with Gasteiger partial charge in [0.05, 0.1) is 54.8 Å². The highest BCUT2D eigenvalue weighted by Crippen LogP contribution is 2.35. The second kappa shape index (κ2) is 9.47. The summed E-state index contributed by atoms with van der Waals surface area (Å²) in [5.41, 5.74) is 0.951. The van der Waals surface area contributed by atoms with Crippen LogP contribution in [0, 0.1) is 17.1 Å². The average Bonchev–Trinajstić information content (AvgIpc) is 3.39. The molecule has 0 radical (unpaired) electrons. The molecule has 0 saturated carbocycles. The zero-order chi connectivity index (χ0) is 25.4. The van der Waals surface area contributed by atoms with Gasteiger partial charge in [-0.15, -0.1) is 0 Å². The van der Waals surface area contributed by atoms with Crippen LogP contribution in [0.3, 0.4) is 0 Å². The molecule has 0 unspecified atom stereocenters. The molecule has 1 amide bonds. The molecule has 2 aliphatic heterocycles. The van der Waals surface area contributed by atoms with Gasteiger partial charge in [-0.05, 0) is 37.1 Å². The molecule has 186 valence electrons. The minimum absolute atomic E-state index is 0.0106. The lowest BCUT2D eigenvalue weighted by Crippen LogP contribution is -2.37. The molecule has 10 nitrogen and oxygen atoms in total. The van der Waals surface area contributed by atoms with Gasteiger partial charge in [-0.25, -0.2) is 14.2 Å². The molecule has 2 saturated heterocycles. The molecule has 1 atom stereocenters. The third kappa shape index (κ3) is 3.99. The van der Waals surface area contributed by atoms with E-state index in [2.05, 4.69) is 6.07 Å². The molecular formula is C25H24FN5O5. The van der Waals surface area contributed by atoms with Crippen LogP contribution in [0.1, 0.15) is 30.3 Å². The summed E-state index contributed by atoms with van der Waals surface area (Å²) in [6.45, 7) is 2.39. The number of fused-ring (bicyclic) bond motifs is 1. The van der Waals surface area contributed by atoms with Crippen LogP contribution in [-0.4, -0.2) is 65.6 Å². The van der Waals surface area contributed by atoms with E-state index in [-0.39, 0.29) is 28.2 Å². The van der Waals surface area contributed by atoms with Crippen LogP contribution in [0.25, 0.3) is 16.6 Å². The van der Waals surface area contributed by atoms with Crippen LogP contribution in [0.5, 0.6) is 5.75 Å². The molecule has 5 rings (SSSR count). The number of nitriles is 1. The molecule has 3 aromatic rings. The van der Waals surface area contributed by atoms with Gasteiger partial charge in [0.25, 0.3) is 5.56 Å². The van der Waals surface area contributed by atoms with Crippen molar-refractivity contribution in [1.82, 2.24) is 14.5 Å². The molecule has 0 spiro atoms. The highest BCUT2D eigenvalue weighted by Gasteiger charge is 2.34. The van der Waals surface area contributed by atoms with E-state index in [0.717, 1.165) is 6.07 Å². The fraction of sp³-hybridized carbons (Fsp3) is 0.360. The van der Waals surface area contributed by atoms with Crippen molar-refractivity contribution in [2.45, 2.75) is 18.9 Å². The largest absolute Gasteiger partial charge is 0.494 e. The number of halogens is 1. The first-order chi connectivity index (χ1) is 17.4. The highest BCUT2D eigenvalue weighted by molar-refractivity contribution is 5.92. The number of carbonyl (C=O) groups is 1. The number of methoxy groups -OCH3 is 1. The van der Waals surface area contributed by atoms with Crippen LogP contribution >= 0.6 is 0 Å². The number of carboxylic acid groups (broad SMARTS) is 1. The van der Waals surface area contributed by atoms with E-state index < -0.39 is 23.5 Å². The Balaban J connectivity index is 1.83. The Kier molecular flexibility index (Phi) is 6.20. The second-order valence-electron chi connectivity index (χ2n) is 8.67. The SMILES string of the molecule is COc1ccc(-n2c([C@H]3CCCN3C(=O)O)nc3c(N4CCOCC4)cc(C#N)cc3c2=O)cc1F. The number of morpholine rings is 1. The normalized spacial score (nSPS) is 17.9. The zero-order valence-corrected chi connectivity index (χ0v) is 19.6. The quantitative estimate of drug-likeness (QED) is 0.589. The third-order valence-corrected chi connectivity index (χ3v) is 6.65. The first kappa shape index (κ1) is 23.6. The number of anilines is 1. The number of benzene rings is 2. The first-order valence-electron chi connectivity index (χ1n) is 11.6. The predicted molar refractivity (Wildman–Crippen MR) is 128 cm³/mol. The minimum atomic E-state index is -1.12. The van der Waals surface area contributed by atoms with E-state index in [1.807, 2.05) is 4.90 Å². The first-order valence-corrected chi connectivity index (χ1v) is 11.6. The van der Waals surface area contributed by atoms with Crippen molar-refractivity contribution >= 4 is 22.7 Å². The number of aromatic nitrogens is 2. The van der Waals surface area contributed by atoms with Gasteiger partial charge in [-0.2, -0.15) is 5.26 Å². The van der Waals surface area contributed by atoms with Crippen molar-refractivity contribution in [2.75, 3.05) is 44.9 Å². The molecule has 2 aliphatic rings. The Labute approximate surface area is 205 Å². The maximum atomic E-state index is 14.7. The summed E-state index contributed by atoms with van der Waals surface area (Å²) in [5, 5.41) is 19.7. The fourth-order valence-electron chi connectivity index (χ4n) is 4.93. The predicted octanol–water partition coefficient (Wildman–Crippen LogP) is 3.06. The van der Waals surface area contributed by atoms with Crippen LogP contribution < -0.4 is 15.2 Å². The number of amides is 1. The van der Waals surface area contributed by atoms with Crippen LogP contribution in [-0.2, 0) is 4.74 Å². The standard InChI is InChI=1S/C25H24FN5O5/c1-35-21-5-4-16(13-18(21)26)31-23(19-3-2-6-30(19)25(33)34)28-22-17(24(31)32)11-15(14-27)12-20(22)29-7-9-36-10-8-29/h4-5,11-13,19H,2-3,6-10H2,1H3,(H,33,34)/t19-/m1/s1. The zero-order valence-electron chi connectivity index (χ0n) is 19.6. The summed E-state index contributed by atoms with van der Waals surface area (Å²) < 4.78 is 26.4.